The second kappa shape index (κ2) is 3.80. The molecule has 1 aliphatic carbocycles. The van der Waals surface area contributed by atoms with E-state index in [1.807, 2.05) is 0 Å². The van der Waals surface area contributed by atoms with Crippen LogP contribution in [-0.2, 0) is 4.74 Å². The van der Waals surface area contributed by atoms with Gasteiger partial charge in [-0.3, -0.25) is 0 Å². The Hall–Kier alpha value is -0.120. The molecule has 1 aliphatic heterocycles. The lowest BCUT2D eigenvalue weighted by Gasteiger charge is -2.40. The second-order valence-corrected chi connectivity index (χ2v) is 5.26. The normalized spacial score (nSPS) is 30.6. The molecular formula is C11H22N2O. The molecule has 0 amide bonds. The number of ether oxygens (including phenoxy) is 1. The van der Waals surface area contributed by atoms with Crippen LogP contribution in [0.3, 0.4) is 0 Å². The molecule has 1 N–H and O–H groups in total. The van der Waals surface area contributed by atoms with E-state index in [0.29, 0.717) is 6.10 Å². The van der Waals surface area contributed by atoms with Crippen LogP contribution in [0.15, 0.2) is 0 Å². The van der Waals surface area contributed by atoms with E-state index in [0.717, 1.165) is 25.7 Å². The highest BCUT2D eigenvalue weighted by molar-refractivity contribution is 4.96. The van der Waals surface area contributed by atoms with Crippen LogP contribution in [0.25, 0.3) is 0 Å². The van der Waals surface area contributed by atoms with Crippen molar-refractivity contribution in [3.05, 3.63) is 0 Å². The maximum Gasteiger partial charge on any atom is 0.0878 e. The van der Waals surface area contributed by atoms with Gasteiger partial charge < -0.3 is 15.0 Å². The first-order chi connectivity index (χ1) is 6.58. The third-order valence-corrected chi connectivity index (χ3v) is 3.23. The van der Waals surface area contributed by atoms with Crippen molar-refractivity contribution >= 4 is 0 Å². The summed E-state index contributed by atoms with van der Waals surface area (Å²) in [6.45, 7) is 7.50. The molecule has 2 rings (SSSR count). The monoisotopic (exact) mass is 198 g/mol. The van der Waals surface area contributed by atoms with Crippen LogP contribution in [-0.4, -0.2) is 49.3 Å². The maximum atomic E-state index is 5.84. The zero-order valence-corrected chi connectivity index (χ0v) is 9.55. The van der Waals surface area contributed by atoms with Gasteiger partial charge >= 0.3 is 0 Å². The van der Waals surface area contributed by atoms with Crippen LogP contribution in [0.5, 0.6) is 0 Å². The molecule has 1 atom stereocenters. The summed E-state index contributed by atoms with van der Waals surface area (Å²) in [4.78, 5) is 2.35. The first-order valence-corrected chi connectivity index (χ1v) is 5.66. The van der Waals surface area contributed by atoms with Crippen molar-refractivity contribution in [2.24, 2.45) is 0 Å². The smallest absolute Gasteiger partial charge is 0.0878 e. The summed E-state index contributed by atoms with van der Waals surface area (Å²) >= 11 is 0. The minimum Gasteiger partial charge on any atom is -0.374 e. The fourth-order valence-corrected chi connectivity index (χ4v) is 2.06. The SMILES string of the molecule is CN1CCOC(C(C)(C)NC2CC2)C1. The average Bonchev–Trinajstić information content (AvgIpc) is 2.87. The van der Waals surface area contributed by atoms with Gasteiger partial charge in [-0.2, -0.15) is 0 Å². The van der Waals surface area contributed by atoms with Gasteiger partial charge in [0.05, 0.1) is 12.7 Å². The Morgan fingerprint density at radius 2 is 2.07 bits per heavy atom. The molecule has 14 heavy (non-hydrogen) atoms. The molecule has 1 saturated heterocycles. The lowest BCUT2D eigenvalue weighted by Crippen LogP contribution is -2.58. The Balaban J connectivity index is 1.89. The van der Waals surface area contributed by atoms with Crippen molar-refractivity contribution in [1.29, 1.82) is 0 Å². The lowest BCUT2D eigenvalue weighted by molar-refractivity contribution is -0.0612. The summed E-state index contributed by atoms with van der Waals surface area (Å²) in [5.74, 6) is 0. The predicted octanol–water partition coefficient (Wildman–Crippen LogP) is 0.848. The standard InChI is InChI=1S/C11H22N2O/c1-11(2,12-9-4-5-9)10-8-13(3)6-7-14-10/h9-10,12H,4-8H2,1-3H3. The molecule has 82 valence electrons. The molecule has 0 radical (unpaired) electrons. The van der Waals surface area contributed by atoms with E-state index in [1.165, 1.54) is 12.8 Å². The topological polar surface area (TPSA) is 24.5 Å². The van der Waals surface area contributed by atoms with Crippen molar-refractivity contribution in [3.8, 4) is 0 Å². The molecule has 0 aromatic heterocycles. The minimum absolute atomic E-state index is 0.121. The third kappa shape index (κ3) is 2.47. The van der Waals surface area contributed by atoms with Crippen molar-refractivity contribution < 1.29 is 4.74 Å². The quantitative estimate of drug-likeness (QED) is 0.727. The molecule has 0 bridgehead atoms. The van der Waals surface area contributed by atoms with Crippen LogP contribution in [0, 0.1) is 0 Å². The number of rotatable bonds is 3. The van der Waals surface area contributed by atoms with Crippen LogP contribution >= 0.6 is 0 Å². The molecule has 2 aliphatic rings. The number of hydrogen-bond acceptors (Lipinski definition) is 3. The molecule has 1 unspecified atom stereocenters. The second-order valence-electron chi connectivity index (χ2n) is 5.26. The van der Waals surface area contributed by atoms with Gasteiger partial charge in [-0.1, -0.05) is 0 Å². The van der Waals surface area contributed by atoms with Gasteiger partial charge in [0.25, 0.3) is 0 Å². The van der Waals surface area contributed by atoms with Crippen molar-refractivity contribution in [3.63, 3.8) is 0 Å². The van der Waals surface area contributed by atoms with E-state index in [-0.39, 0.29) is 5.54 Å². The number of nitrogens with zero attached hydrogens (tertiary/aromatic N) is 1. The first-order valence-electron chi connectivity index (χ1n) is 5.66. The highest BCUT2D eigenvalue weighted by atomic mass is 16.5. The molecule has 1 saturated carbocycles. The molecule has 1 heterocycles. The summed E-state index contributed by atoms with van der Waals surface area (Å²) in [7, 11) is 2.17. The Bertz CT molecular complexity index is 201. The van der Waals surface area contributed by atoms with Crippen LogP contribution in [0.4, 0.5) is 0 Å². The number of hydrogen-bond donors (Lipinski definition) is 1. The predicted molar refractivity (Wildman–Crippen MR) is 57.5 cm³/mol. The Kier molecular flexibility index (Phi) is 2.82. The largest absolute Gasteiger partial charge is 0.374 e. The summed E-state index contributed by atoms with van der Waals surface area (Å²) in [5.41, 5.74) is 0.121. The third-order valence-electron chi connectivity index (χ3n) is 3.23. The van der Waals surface area contributed by atoms with Crippen LogP contribution in [0.1, 0.15) is 26.7 Å². The van der Waals surface area contributed by atoms with E-state index < -0.39 is 0 Å². The fourth-order valence-electron chi connectivity index (χ4n) is 2.06. The van der Waals surface area contributed by atoms with Crippen molar-refractivity contribution in [1.82, 2.24) is 10.2 Å². The van der Waals surface area contributed by atoms with Gasteiger partial charge in [0.15, 0.2) is 0 Å². The van der Waals surface area contributed by atoms with E-state index in [2.05, 4.69) is 31.1 Å². The van der Waals surface area contributed by atoms with E-state index in [9.17, 15) is 0 Å². The van der Waals surface area contributed by atoms with E-state index in [1.54, 1.807) is 0 Å². The Labute approximate surface area is 86.8 Å². The summed E-state index contributed by atoms with van der Waals surface area (Å²) in [6, 6.07) is 0.751. The van der Waals surface area contributed by atoms with E-state index in [4.69, 9.17) is 4.74 Å². The van der Waals surface area contributed by atoms with Gasteiger partial charge in [0, 0.05) is 24.7 Å². The number of likely N-dealkylation sites (N-methyl/N-ethyl adjacent to an activating group) is 1. The average molecular weight is 198 g/mol. The highest BCUT2D eigenvalue weighted by Gasteiger charge is 2.37. The lowest BCUT2D eigenvalue weighted by atomic mass is 9.95. The van der Waals surface area contributed by atoms with E-state index >= 15 is 0 Å². The van der Waals surface area contributed by atoms with Gasteiger partial charge in [-0.05, 0) is 33.7 Å². The number of morpholine rings is 1. The summed E-state index contributed by atoms with van der Waals surface area (Å²) in [5, 5.41) is 3.67. The van der Waals surface area contributed by atoms with Crippen molar-refractivity contribution in [2.75, 3.05) is 26.7 Å². The van der Waals surface area contributed by atoms with Gasteiger partial charge in [0.1, 0.15) is 0 Å². The molecule has 0 aromatic carbocycles. The Morgan fingerprint density at radius 1 is 1.36 bits per heavy atom. The molecule has 0 spiro atoms. The van der Waals surface area contributed by atoms with Gasteiger partial charge in [0.2, 0.25) is 0 Å². The zero-order valence-electron chi connectivity index (χ0n) is 9.55. The molecule has 3 nitrogen and oxygen atoms in total. The number of nitrogens with one attached hydrogen (secondary N) is 1. The molecule has 0 aromatic rings. The maximum absolute atomic E-state index is 5.84. The minimum atomic E-state index is 0.121. The van der Waals surface area contributed by atoms with Gasteiger partial charge in [-0.25, -0.2) is 0 Å². The van der Waals surface area contributed by atoms with Crippen molar-refractivity contribution in [2.45, 2.75) is 44.4 Å². The molecule has 2 fully saturated rings. The zero-order chi connectivity index (χ0) is 10.2. The molecular weight excluding hydrogens is 176 g/mol. The van der Waals surface area contributed by atoms with Crippen LogP contribution < -0.4 is 5.32 Å². The fraction of sp³-hybridized carbons (Fsp3) is 1.00. The highest BCUT2D eigenvalue weighted by Crippen LogP contribution is 2.25. The summed E-state index contributed by atoms with van der Waals surface area (Å²) in [6.07, 6.45) is 3.01. The first kappa shape index (κ1) is 10.4. The summed E-state index contributed by atoms with van der Waals surface area (Å²) < 4.78 is 5.84. The van der Waals surface area contributed by atoms with Gasteiger partial charge in [-0.15, -0.1) is 0 Å². The Morgan fingerprint density at radius 3 is 2.64 bits per heavy atom. The molecule has 3 heteroatoms. The van der Waals surface area contributed by atoms with Crippen LogP contribution in [0.2, 0.25) is 0 Å².